The van der Waals surface area contributed by atoms with E-state index in [2.05, 4.69) is 24.1 Å². The first-order valence-electron chi connectivity index (χ1n) is 11.1. The lowest BCUT2D eigenvalue weighted by atomic mass is 10.0. The largest absolute Gasteiger partial charge is 0.302 e. The van der Waals surface area contributed by atoms with E-state index in [-0.39, 0.29) is 34.7 Å². The first-order valence-corrected chi connectivity index (χ1v) is 13.8. The molecule has 1 aliphatic rings. The van der Waals surface area contributed by atoms with Crippen LogP contribution in [0.2, 0.25) is 0 Å². The number of carbonyl (C=O) groups excluding carboxylic acids is 1. The molecule has 182 valence electrons. The number of fused-ring (bicyclic) bond motifs is 1. The molecule has 7 nitrogen and oxygen atoms in total. The third-order valence-corrected chi connectivity index (χ3v) is 7.98. The van der Waals surface area contributed by atoms with Crippen molar-refractivity contribution in [3.05, 3.63) is 75.5 Å². The minimum atomic E-state index is -3.28. The maximum absolute atomic E-state index is 14.1. The van der Waals surface area contributed by atoms with E-state index in [9.17, 15) is 17.6 Å². The molecular formula is C25H25FN4O3S2. The molecule has 0 bridgehead atoms. The molecule has 1 aliphatic heterocycles. The van der Waals surface area contributed by atoms with Crippen LogP contribution < -0.4 is 5.32 Å². The number of benzene rings is 2. The Hall–Kier alpha value is -3.13. The van der Waals surface area contributed by atoms with Gasteiger partial charge >= 0.3 is 0 Å². The highest BCUT2D eigenvalue weighted by atomic mass is 32.2. The molecule has 35 heavy (non-hydrogen) atoms. The Balaban J connectivity index is 1.44. The molecule has 2 heterocycles. The van der Waals surface area contributed by atoms with Crippen molar-refractivity contribution in [1.29, 1.82) is 5.26 Å². The number of aromatic nitrogens is 1. The number of hydrogen-bond acceptors (Lipinski definition) is 7. The van der Waals surface area contributed by atoms with Gasteiger partial charge in [0.25, 0.3) is 0 Å². The molecule has 1 N–H and O–H groups in total. The molecule has 0 saturated carbocycles. The van der Waals surface area contributed by atoms with Gasteiger partial charge in [-0.25, -0.2) is 17.8 Å². The Morgan fingerprint density at radius 1 is 1.26 bits per heavy atom. The van der Waals surface area contributed by atoms with Gasteiger partial charge in [-0.1, -0.05) is 32.0 Å². The lowest BCUT2D eigenvalue weighted by molar-refractivity contribution is -0.115. The summed E-state index contributed by atoms with van der Waals surface area (Å²) in [5, 5.41) is 12.3. The van der Waals surface area contributed by atoms with Crippen LogP contribution >= 0.6 is 11.3 Å². The lowest BCUT2D eigenvalue weighted by Gasteiger charge is -2.27. The van der Waals surface area contributed by atoms with Crippen LogP contribution in [0.1, 0.15) is 47.2 Å². The number of nitrogens with zero attached hydrogens (tertiary/aromatic N) is 3. The van der Waals surface area contributed by atoms with Crippen molar-refractivity contribution in [2.24, 2.45) is 5.92 Å². The summed E-state index contributed by atoms with van der Waals surface area (Å²) < 4.78 is 37.3. The minimum absolute atomic E-state index is 0.0224. The molecule has 0 spiro atoms. The maximum atomic E-state index is 14.1. The van der Waals surface area contributed by atoms with E-state index in [1.807, 2.05) is 6.07 Å². The van der Waals surface area contributed by atoms with Gasteiger partial charge in [-0.3, -0.25) is 9.69 Å². The summed E-state index contributed by atoms with van der Waals surface area (Å²) in [7, 11) is -3.28. The Kier molecular flexibility index (Phi) is 7.03. The van der Waals surface area contributed by atoms with E-state index in [0.29, 0.717) is 23.8 Å². The molecule has 0 aliphatic carbocycles. The van der Waals surface area contributed by atoms with Crippen LogP contribution in [0.4, 0.5) is 9.52 Å². The fourth-order valence-corrected chi connectivity index (χ4v) is 5.97. The predicted octanol–water partition coefficient (Wildman–Crippen LogP) is 4.45. The van der Waals surface area contributed by atoms with Crippen LogP contribution in [-0.2, 0) is 34.1 Å². The van der Waals surface area contributed by atoms with Crippen molar-refractivity contribution < 1.29 is 17.6 Å². The molecule has 1 amide bonds. The zero-order valence-corrected chi connectivity index (χ0v) is 21.2. The van der Waals surface area contributed by atoms with Gasteiger partial charge in [0, 0.05) is 24.2 Å². The SMILES string of the molecule is CC(C)[C@H]1c2nc(NC(=O)Cc3ccc(S(C)(=O)=O)cc3)sc2CN1Cc1ccc(C#N)c(F)c1. The average molecular weight is 513 g/mol. The standard InChI is InChI=1S/C25H25FN4O3S2/c1-15(2)24-23-21(14-30(24)13-17-4-7-18(12-27)20(26)10-17)34-25(29-23)28-22(31)11-16-5-8-19(9-6-16)35(3,32)33/h4-10,15,24H,11,13-14H2,1-3H3,(H,28,29,31)/t24-/m0/s1. The van der Waals surface area contributed by atoms with Gasteiger partial charge in [0.1, 0.15) is 11.9 Å². The van der Waals surface area contributed by atoms with E-state index >= 15 is 0 Å². The second-order valence-corrected chi connectivity index (χ2v) is 12.1. The predicted molar refractivity (Wildman–Crippen MR) is 132 cm³/mol. The maximum Gasteiger partial charge on any atom is 0.230 e. The normalized spacial score (nSPS) is 15.7. The van der Waals surface area contributed by atoms with E-state index in [1.165, 1.54) is 35.6 Å². The summed E-state index contributed by atoms with van der Waals surface area (Å²) in [4.78, 5) is 20.8. The van der Waals surface area contributed by atoms with Crippen molar-refractivity contribution >= 4 is 32.2 Å². The van der Waals surface area contributed by atoms with Crippen LogP contribution in [-0.4, -0.2) is 30.5 Å². The first kappa shape index (κ1) is 25.0. The number of nitriles is 1. The molecule has 0 fully saturated rings. The van der Waals surface area contributed by atoms with Gasteiger partial charge in [0.05, 0.1) is 28.6 Å². The van der Waals surface area contributed by atoms with Crippen molar-refractivity contribution in [3.8, 4) is 6.07 Å². The summed E-state index contributed by atoms with van der Waals surface area (Å²) >= 11 is 1.43. The zero-order valence-electron chi connectivity index (χ0n) is 19.6. The highest BCUT2D eigenvalue weighted by molar-refractivity contribution is 7.90. The monoisotopic (exact) mass is 512 g/mol. The fraction of sp³-hybridized carbons (Fsp3) is 0.320. The quantitative estimate of drug-likeness (QED) is 0.502. The number of sulfone groups is 1. The van der Waals surface area contributed by atoms with E-state index in [1.54, 1.807) is 18.2 Å². The number of rotatable bonds is 7. The Morgan fingerprint density at radius 2 is 1.94 bits per heavy atom. The van der Waals surface area contributed by atoms with Crippen molar-refractivity contribution in [3.63, 3.8) is 0 Å². The number of amides is 1. The minimum Gasteiger partial charge on any atom is -0.302 e. The number of nitrogens with one attached hydrogen (secondary N) is 1. The smallest absolute Gasteiger partial charge is 0.230 e. The number of hydrogen-bond donors (Lipinski definition) is 1. The molecule has 3 aromatic rings. The Bertz CT molecular complexity index is 1410. The molecule has 1 aromatic heterocycles. The van der Waals surface area contributed by atoms with Crippen LogP contribution in [0, 0.1) is 23.1 Å². The summed E-state index contributed by atoms with van der Waals surface area (Å²) in [6, 6.07) is 12.8. The van der Waals surface area contributed by atoms with Gasteiger partial charge in [0.15, 0.2) is 15.0 Å². The second kappa shape index (κ2) is 9.85. The first-order chi connectivity index (χ1) is 16.5. The Morgan fingerprint density at radius 3 is 2.54 bits per heavy atom. The highest BCUT2D eigenvalue weighted by Crippen LogP contribution is 2.43. The zero-order chi connectivity index (χ0) is 25.3. The highest BCUT2D eigenvalue weighted by Gasteiger charge is 2.36. The van der Waals surface area contributed by atoms with Gasteiger partial charge in [-0.2, -0.15) is 5.26 Å². The van der Waals surface area contributed by atoms with Gasteiger partial charge in [0.2, 0.25) is 5.91 Å². The van der Waals surface area contributed by atoms with E-state index < -0.39 is 15.7 Å². The van der Waals surface area contributed by atoms with Crippen LogP contribution in [0.25, 0.3) is 0 Å². The summed E-state index contributed by atoms with van der Waals surface area (Å²) in [6.45, 7) is 5.37. The van der Waals surface area contributed by atoms with Crippen molar-refractivity contribution in [1.82, 2.24) is 9.88 Å². The van der Waals surface area contributed by atoms with Gasteiger partial charge < -0.3 is 5.32 Å². The fourth-order valence-electron chi connectivity index (χ4n) is 4.29. The Labute approximate surface area is 208 Å². The number of thiazole rings is 1. The second-order valence-electron chi connectivity index (χ2n) is 8.99. The van der Waals surface area contributed by atoms with E-state index in [0.717, 1.165) is 22.4 Å². The molecule has 0 unspecified atom stereocenters. The summed E-state index contributed by atoms with van der Waals surface area (Å²) in [5.74, 6) is -0.497. The molecule has 1 atom stereocenters. The number of halogens is 1. The topological polar surface area (TPSA) is 103 Å². The van der Waals surface area contributed by atoms with Crippen molar-refractivity contribution in [2.45, 2.75) is 44.3 Å². The molecule has 0 saturated heterocycles. The number of carbonyl (C=O) groups is 1. The summed E-state index contributed by atoms with van der Waals surface area (Å²) in [6.07, 6.45) is 1.25. The molecule has 10 heteroatoms. The van der Waals surface area contributed by atoms with Gasteiger partial charge in [-0.05, 0) is 41.3 Å². The molecule has 0 radical (unpaired) electrons. The van der Waals surface area contributed by atoms with Crippen molar-refractivity contribution in [2.75, 3.05) is 11.6 Å². The molecule has 4 rings (SSSR count). The van der Waals surface area contributed by atoms with Gasteiger partial charge in [-0.15, -0.1) is 11.3 Å². The molecule has 2 aromatic carbocycles. The summed E-state index contributed by atoms with van der Waals surface area (Å²) in [5.41, 5.74) is 2.45. The lowest BCUT2D eigenvalue weighted by Crippen LogP contribution is -2.26. The molecular weight excluding hydrogens is 487 g/mol. The van der Waals surface area contributed by atoms with Crippen LogP contribution in [0.3, 0.4) is 0 Å². The number of anilines is 1. The van der Waals surface area contributed by atoms with E-state index in [4.69, 9.17) is 10.2 Å². The third kappa shape index (κ3) is 5.59. The average Bonchev–Trinajstić information content (AvgIpc) is 3.29. The third-order valence-electron chi connectivity index (χ3n) is 5.88. The van der Waals surface area contributed by atoms with Crippen LogP contribution in [0.5, 0.6) is 0 Å². The van der Waals surface area contributed by atoms with Crippen LogP contribution in [0.15, 0.2) is 47.4 Å².